The molecule has 0 aliphatic carbocycles. The number of hydrogen-bond donors (Lipinski definition) is 1. The van der Waals surface area contributed by atoms with Crippen molar-refractivity contribution < 1.29 is 0 Å². The highest BCUT2D eigenvalue weighted by molar-refractivity contribution is 7.98. The Labute approximate surface area is 100 Å². The molecule has 0 rings (SSSR count). The van der Waals surface area contributed by atoms with Crippen molar-refractivity contribution in [2.24, 2.45) is 0 Å². The second-order valence-corrected chi connectivity index (χ2v) is 5.07. The molecule has 0 aromatic rings. The third-order valence-electron chi connectivity index (χ3n) is 2.89. The van der Waals surface area contributed by atoms with Gasteiger partial charge in [-0.15, -0.1) is 0 Å². The Morgan fingerprint density at radius 1 is 1.27 bits per heavy atom. The van der Waals surface area contributed by atoms with Crippen molar-refractivity contribution in [3.63, 3.8) is 0 Å². The molecule has 0 aliphatic heterocycles. The van der Waals surface area contributed by atoms with Crippen molar-refractivity contribution >= 4 is 11.8 Å². The highest BCUT2D eigenvalue weighted by atomic mass is 32.2. The van der Waals surface area contributed by atoms with Gasteiger partial charge in [-0.1, -0.05) is 13.3 Å². The molecule has 1 unspecified atom stereocenters. The molecule has 15 heavy (non-hydrogen) atoms. The normalized spacial score (nSPS) is 13.4. The third-order valence-corrected chi connectivity index (χ3v) is 3.61. The molecule has 0 radical (unpaired) electrons. The van der Waals surface area contributed by atoms with E-state index in [9.17, 15) is 0 Å². The summed E-state index contributed by atoms with van der Waals surface area (Å²) in [6.07, 6.45) is 7.46. The van der Waals surface area contributed by atoms with E-state index in [-0.39, 0.29) is 0 Å². The van der Waals surface area contributed by atoms with Crippen LogP contribution in [-0.2, 0) is 0 Å². The van der Waals surface area contributed by atoms with Crippen molar-refractivity contribution in [3.8, 4) is 0 Å². The molecular formula is C12H28N2S. The molecule has 0 heterocycles. The molecule has 0 bridgehead atoms. The van der Waals surface area contributed by atoms with Crippen LogP contribution in [0.25, 0.3) is 0 Å². The Bertz CT molecular complexity index is 131. The van der Waals surface area contributed by atoms with Gasteiger partial charge in [-0.25, -0.2) is 0 Å². The van der Waals surface area contributed by atoms with Crippen LogP contribution >= 0.6 is 11.8 Å². The van der Waals surface area contributed by atoms with Gasteiger partial charge in [0, 0.05) is 11.8 Å². The van der Waals surface area contributed by atoms with Crippen LogP contribution in [0.2, 0.25) is 0 Å². The summed E-state index contributed by atoms with van der Waals surface area (Å²) in [5.74, 6) is 1.27. The zero-order chi connectivity index (χ0) is 11.5. The van der Waals surface area contributed by atoms with Gasteiger partial charge in [-0.05, 0) is 52.7 Å². The first-order valence-electron chi connectivity index (χ1n) is 6.10. The van der Waals surface area contributed by atoms with Crippen LogP contribution in [0.1, 0.15) is 32.6 Å². The lowest BCUT2D eigenvalue weighted by atomic mass is 10.2. The zero-order valence-electron chi connectivity index (χ0n) is 10.9. The van der Waals surface area contributed by atoms with E-state index in [1.54, 1.807) is 0 Å². The van der Waals surface area contributed by atoms with Crippen LogP contribution in [-0.4, -0.2) is 50.1 Å². The highest BCUT2D eigenvalue weighted by Gasteiger charge is 2.10. The second-order valence-electron chi connectivity index (χ2n) is 4.16. The molecule has 0 saturated heterocycles. The van der Waals surface area contributed by atoms with Crippen LogP contribution in [0.4, 0.5) is 0 Å². The Balaban J connectivity index is 3.48. The van der Waals surface area contributed by atoms with Crippen LogP contribution in [0.5, 0.6) is 0 Å². The van der Waals surface area contributed by atoms with E-state index in [1.807, 2.05) is 18.8 Å². The summed E-state index contributed by atoms with van der Waals surface area (Å²) in [4.78, 5) is 2.52. The Morgan fingerprint density at radius 3 is 2.53 bits per heavy atom. The third kappa shape index (κ3) is 8.12. The molecule has 1 N–H and O–H groups in total. The van der Waals surface area contributed by atoms with Gasteiger partial charge in [0.25, 0.3) is 0 Å². The van der Waals surface area contributed by atoms with Crippen molar-refractivity contribution in [3.05, 3.63) is 0 Å². The second kappa shape index (κ2) is 10.8. The van der Waals surface area contributed by atoms with E-state index in [2.05, 4.69) is 30.4 Å². The average molecular weight is 232 g/mol. The number of nitrogens with zero attached hydrogens (tertiary/aromatic N) is 1. The molecule has 0 aliphatic rings. The van der Waals surface area contributed by atoms with Gasteiger partial charge >= 0.3 is 0 Å². The fourth-order valence-corrected chi connectivity index (χ4v) is 2.65. The van der Waals surface area contributed by atoms with Crippen molar-refractivity contribution in [2.75, 3.05) is 39.2 Å². The summed E-state index contributed by atoms with van der Waals surface area (Å²) in [5.41, 5.74) is 0. The summed E-state index contributed by atoms with van der Waals surface area (Å²) in [7, 11) is 4.29. The first-order valence-corrected chi connectivity index (χ1v) is 7.49. The molecule has 0 aromatic carbocycles. The largest absolute Gasteiger partial charge is 0.320 e. The van der Waals surface area contributed by atoms with Crippen molar-refractivity contribution in [2.45, 2.75) is 38.6 Å². The van der Waals surface area contributed by atoms with Crippen molar-refractivity contribution in [1.29, 1.82) is 0 Å². The lowest BCUT2D eigenvalue weighted by Gasteiger charge is -2.26. The van der Waals surface area contributed by atoms with E-state index < -0.39 is 0 Å². The molecule has 0 saturated carbocycles. The first-order chi connectivity index (χ1) is 7.26. The minimum absolute atomic E-state index is 0.768. The molecule has 1 atom stereocenters. The molecule has 0 aromatic heterocycles. The molecule has 3 heteroatoms. The fourth-order valence-electron chi connectivity index (χ4n) is 1.77. The number of rotatable bonds is 10. The van der Waals surface area contributed by atoms with Gasteiger partial charge in [-0.2, -0.15) is 11.8 Å². The minimum atomic E-state index is 0.768. The molecule has 0 spiro atoms. The number of hydrogen-bond acceptors (Lipinski definition) is 3. The fraction of sp³-hybridized carbons (Fsp3) is 1.00. The number of unbranched alkanes of at least 4 members (excludes halogenated alkanes) is 2. The van der Waals surface area contributed by atoms with Gasteiger partial charge in [0.1, 0.15) is 0 Å². The van der Waals surface area contributed by atoms with E-state index >= 15 is 0 Å². The number of thioether (sulfide) groups is 1. The highest BCUT2D eigenvalue weighted by Crippen LogP contribution is 2.09. The summed E-state index contributed by atoms with van der Waals surface area (Å²) in [5, 5.41) is 3.19. The lowest BCUT2D eigenvalue weighted by Crippen LogP contribution is -2.34. The quantitative estimate of drug-likeness (QED) is 0.583. The molecule has 92 valence electrons. The minimum Gasteiger partial charge on any atom is -0.320 e. The van der Waals surface area contributed by atoms with Crippen LogP contribution in [0.15, 0.2) is 0 Å². The Morgan fingerprint density at radius 2 is 2.00 bits per heavy atom. The van der Waals surface area contributed by atoms with Crippen molar-refractivity contribution in [1.82, 2.24) is 10.2 Å². The molecular weight excluding hydrogens is 204 g/mol. The summed E-state index contributed by atoms with van der Waals surface area (Å²) in [6, 6.07) is 0.768. The van der Waals surface area contributed by atoms with Gasteiger partial charge in [0.15, 0.2) is 0 Å². The summed E-state index contributed by atoms with van der Waals surface area (Å²) in [6.45, 7) is 4.70. The van der Waals surface area contributed by atoms with Crippen LogP contribution < -0.4 is 5.32 Å². The molecule has 0 fully saturated rings. The standard InChI is InChI=1S/C12H28N2S/c1-5-12(11-15-4)14(3)10-8-6-7-9-13-2/h12-13H,5-11H2,1-4H3. The van der Waals surface area contributed by atoms with Gasteiger partial charge in [0.05, 0.1) is 0 Å². The first kappa shape index (κ1) is 15.3. The number of nitrogens with one attached hydrogen (secondary N) is 1. The summed E-state index contributed by atoms with van der Waals surface area (Å²) >= 11 is 1.96. The van der Waals surface area contributed by atoms with E-state index in [1.165, 1.54) is 38.0 Å². The topological polar surface area (TPSA) is 15.3 Å². The van der Waals surface area contributed by atoms with Crippen LogP contribution in [0.3, 0.4) is 0 Å². The van der Waals surface area contributed by atoms with Gasteiger partial charge in [0.2, 0.25) is 0 Å². The van der Waals surface area contributed by atoms with Gasteiger partial charge in [-0.3, -0.25) is 0 Å². The Kier molecular flexibility index (Phi) is 11.0. The maximum absolute atomic E-state index is 3.19. The van der Waals surface area contributed by atoms with Crippen LogP contribution in [0, 0.1) is 0 Å². The maximum atomic E-state index is 3.19. The predicted molar refractivity (Wildman–Crippen MR) is 72.9 cm³/mol. The monoisotopic (exact) mass is 232 g/mol. The SMILES string of the molecule is CCC(CSC)N(C)CCCCCNC. The molecule has 0 amide bonds. The zero-order valence-corrected chi connectivity index (χ0v) is 11.7. The smallest absolute Gasteiger partial charge is 0.0180 e. The van der Waals surface area contributed by atoms with E-state index in [0.29, 0.717) is 0 Å². The average Bonchev–Trinajstić information content (AvgIpc) is 2.25. The maximum Gasteiger partial charge on any atom is 0.0180 e. The van der Waals surface area contributed by atoms with E-state index in [0.717, 1.165) is 12.6 Å². The molecule has 2 nitrogen and oxygen atoms in total. The predicted octanol–water partition coefficient (Wildman–Crippen LogP) is 2.45. The van der Waals surface area contributed by atoms with E-state index in [4.69, 9.17) is 0 Å². The summed E-state index contributed by atoms with van der Waals surface area (Å²) < 4.78 is 0. The lowest BCUT2D eigenvalue weighted by molar-refractivity contribution is 0.250. The Hall–Kier alpha value is 0.270. The van der Waals surface area contributed by atoms with Gasteiger partial charge < -0.3 is 10.2 Å².